The van der Waals surface area contributed by atoms with E-state index in [4.69, 9.17) is 4.52 Å². The number of ketones is 1. The molecule has 0 saturated carbocycles. The second-order valence-corrected chi connectivity index (χ2v) is 15.0. The molecule has 0 bridgehead atoms. The van der Waals surface area contributed by atoms with Gasteiger partial charge in [0.15, 0.2) is 5.78 Å². The molecule has 0 spiro atoms. The normalized spacial score (nSPS) is 13.6. The molecule has 0 radical (unpaired) electrons. The largest absolute Gasteiger partial charge is 0.359 e. The first-order chi connectivity index (χ1) is 21.1. The first kappa shape index (κ1) is 36.0. The zero-order chi connectivity index (χ0) is 33.7. The zero-order valence-corrected chi connectivity index (χ0v) is 29.0. The van der Waals surface area contributed by atoms with Gasteiger partial charge >= 0.3 is 7.60 Å². The van der Waals surface area contributed by atoms with E-state index in [9.17, 15) is 28.5 Å². The maximum absolute atomic E-state index is 13.0. The molecule has 2 unspecified atom stereocenters. The van der Waals surface area contributed by atoms with Gasteiger partial charge in [-0.2, -0.15) is 0 Å². The highest BCUT2D eigenvalue weighted by Crippen LogP contribution is 2.46. The summed E-state index contributed by atoms with van der Waals surface area (Å²) in [5, 5.41) is 0.299. The van der Waals surface area contributed by atoms with Crippen LogP contribution in [0.25, 0.3) is 0 Å². The summed E-state index contributed by atoms with van der Waals surface area (Å²) in [6, 6.07) is 20.8. The van der Waals surface area contributed by atoms with Crippen LogP contribution in [0.5, 0.6) is 0 Å². The molecule has 2 N–H and O–H groups in total. The lowest BCUT2D eigenvalue weighted by Gasteiger charge is -2.17. The van der Waals surface area contributed by atoms with E-state index in [-0.39, 0.29) is 28.6 Å². The van der Waals surface area contributed by atoms with Crippen LogP contribution in [0, 0.1) is 41.5 Å². The van der Waals surface area contributed by atoms with Gasteiger partial charge in [0.05, 0.1) is 11.9 Å². The van der Waals surface area contributed by atoms with Crippen LogP contribution < -0.4 is 10.6 Å². The van der Waals surface area contributed by atoms with Crippen molar-refractivity contribution in [2.45, 2.75) is 61.8 Å². The quantitative estimate of drug-likeness (QED) is 0.142. The van der Waals surface area contributed by atoms with Crippen molar-refractivity contribution in [3.05, 3.63) is 128 Å². The maximum atomic E-state index is 13.0. The Morgan fingerprint density at radius 1 is 0.667 bits per heavy atom. The second-order valence-electron chi connectivity index (χ2n) is 11.2. The van der Waals surface area contributed by atoms with Crippen molar-refractivity contribution < 1.29 is 33.0 Å². The van der Waals surface area contributed by atoms with Crippen molar-refractivity contribution in [3.8, 4) is 0 Å². The molecule has 0 heterocycles. The Balaban J connectivity index is 0.000000246. The standard InChI is InChI=1S/C18H21O4P.C18H21O3P/c1-5-22-23(20,21)16-9-7-6-8-15(16)18(19)17-13(3)10-12(2)11-14(17)4;1-5-15-8-6-7-9-16(15)22(20,21)18(19)17-13(3)10-12(2)11-14(17)4/h6-11H,5H2,1-4H3,(H,20,21);6-11H,5H2,1-4H3,(H,20,21). The van der Waals surface area contributed by atoms with E-state index in [1.54, 1.807) is 57.2 Å². The third-order valence-electron chi connectivity index (χ3n) is 7.53. The zero-order valence-electron chi connectivity index (χ0n) is 27.2. The van der Waals surface area contributed by atoms with Crippen molar-refractivity contribution in [2.24, 2.45) is 0 Å². The molecule has 0 aliphatic carbocycles. The van der Waals surface area contributed by atoms with E-state index in [2.05, 4.69) is 0 Å². The van der Waals surface area contributed by atoms with E-state index in [0.29, 0.717) is 17.5 Å². The minimum atomic E-state index is -4.12. The number of carbonyl (C=O) groups is 2. The van der Waals surface area contributed by atoms with Crippen LogP contribution in [-0.4, -0.2) is 27.7 Å². The molecular formula is C36H42O7P2. The number of rotatable bonds is 9. The average molecular weight is 649 g/mol. The van der Waals surface area contributed by atoms with Crippen LogP contribution in [-0.2, 0) is 20.1 Å². The fourth-order valence-corrected chi connectivity index (χ4v) is 8.74. The topological polar surface area (TPSA) is 118 Å². The first-order valence-electron chi connectivity index (χ1n) is 14.8. The van der Waals surface area contributed by atoms with E-state index < -0.39 is 20.5 Å². The number of aryl methyl sites for hydroxylation is 7. The smallest absolute Gasteiger partial charge is 0.336 e. The summed E-state index contributed by atoms with van der Waals surface area (Å²) in [4.78, 5) is 46.4. The molecule has 238 valence electrons. The van der Waals surface area contributed by atoms with Gasteiger partial charge in [0.25, 0.3) is 12.9 Å². The monoisotopic (exact) mass is 648 g/mol. The predicted octanol–water partition coefficient (Wildman–Crippen LogP) is 7.60. The van der Waals surface area contributed by atoms with Crippen LogP contribution in [0.15, 0.2) is 72.8 Å². The summed E-state index contributed by atoms with van der Waals surface area (Å²) in [6.07, 6.45) is 0.611. The SMILES string of the molecule is CCOP(=O)(O)c1ccccc1C(=O)c1c(C)cc(C)cc1C.CCc1ccccc1P(=O)(O)C(=O)c1c(C)cc(C)cc1C. The second kappa shape index (κ2) is 14.8. The Labute approximate surface area is 266 Å². The molecule has 45 heavy (non-hydrogen) atoms. The summed E-state index contributed by atoms with van der Waals surface area (Å²) in [5.74, 6) is -0.260. The molecule has 0 fully saturated rings. The van der Waals surface area contributed by atoms with Crippen LogP contribution in [0.4, 0.5) is 0 Å². The summed E-state index contributed by atoms with van der Waals surface area (Å²) in [5.41, 5.74) is 6.51. The van der Waals surface area contributed by atoms with Gasteiger partial charge in [-0.1, -0.05) is 78.7 Å². The van der Waals surface area contributed by atoms with Crippen LogP contribution in [0.3, 0.4) is 0 Å². The lowest BCUT2D eigenvalue weighted by molar-refractivity contribution is 0.103. The lowest BCUT2D eigenvalue weighted by Crippen LogP contribution is -2.19. The Bertz CT molecular complexity index is 1800. The predicted molar refractivity (Wildman–Crippen MR) is 182 cm³/mol. The number of hydrogen-bond donors (Lipinski definition) is 2. The average Bonchev–Trinajstić information content (AvgIpc) is 2.96. The van der Waals surface area contributed by atoms with Gasteiger partial charge in [0.1, 0.15) is 0 Å². The number of carbonyl (C=O) groups excluding carboxylic acids is 2. The van der Waals surface area contributed by atoms with Crippen molar-refractivity contribution >= 4 is 36.9 Å². The Morgan fingerprint density at radius 2 is 1.11 bits per heavy atom. The van der Waals surface area contributed by atoms with Gasteiger partial charge in [-0.05, 0) is 94.8 Å². The van der Waals surface area contributed by atoms with Crippen LogP contribution in [0.2, 0.25) is 0 Å². The number of hydrogen-bond acceptors (Lipinski definition) is 5. The fourth-order valence-electron chi connectivity index (χ4n) is 5.71. The van der Waals surface area contributed by atoms with Crippen LogP contribution in [0.1, 0.15) is 79.1 Å². The number of benzene rings is 4. The molecule has 4 rings (SSSR count). The molecular weight excluding hydrogens is 606 g/mol. The molecule has 7 nitrogen and oxygen atoms in total. The molecule has 0 aromatic heterocycles. The van der Waals surface area contributed by atoms with E-state index >= 15 is 0 Å². The highest BCUT2D eigenvalue weighted by molar-refractivity contribution is 7.82. The lowest BCUT2D eigenvalue weighted by atomic mass is 9.93. The summed E-state index contributed by atoms with van der Waals surface area (Å²) < 4.78 is 30.2. The van der Waals surface area contributed by atoms with Crippen molar-refractivity contribution in [2.75, 3.05) is 6.61 Å². The molecule has 2 atom stereocenters. The van der Waals surface area contributed by atoms with Crippen molar-refractivity contribution in [3.63, 3.8) is 0 Å². The summed E-state index contributed by atoms with van der Waals surface area (Å²) in [6.45, 7) is 14.9. The summed E-state index contributed by atoms with van der Waals surface area (Å²) >= 11 is 0. The third kappa shape index (κ3) is 8.05. The highest BCUT2D eigenvalue weighted by Gasteiger charge is 2.35. The summed E-state index contributed by atoms with van der Waals surface area (Å²) in [7, 11) is -8.14. The van der Waals surface area contributed by atoms with E-state index in [1.165, 1.54) is 6.07 Å². The van der Waals surface area contributed by atoms with Crippen molar-refractivity contribution in [1.29, 1.82) is 0 Å². The van der Waals surface area contributed by atoms with Gasteiger partial charge in [0, 0.05) is 22.0 Å². The molecule has 0 aliphatic rings. The molecule has 0 aliphatic heterocycles. The van der Waals surface area contributed by atoms with E-state index in [0.717, 1.165) is 38.9 Å². The van der Waals surface area contributed by atoms with Gasteiger partial charge < -0.3 is 14.3 Å². The third-order valence-corrected chi connectivity index (χ3v) is 11.0. The van der Waals surface area contributed by atoms with Crippen molar-refractivity contribution in [1.82, 2.24) is 0 Å². The fraction of sp³-hybridized carbons (Fsp3) is 0.278. The molecule has 0 amide bonds. The molecule has 4 aromatic carbocycles. The van der Waals surface area contributed by atoms with E-state index in [1.807, 2.05) is 65.0 Å². The first-order valence-corrected chi connectivity index (χ1v) is 18.0. The molecule has 9 heteroatoms. The molecule has 4 aromatic rings. The minimum Gasteiger partial charge on any atom is -0.336 e. The Kier molecular flexibility index (Phi) is 11.8. The van der Waals surface area contributed by atoms with Gasteiger partial charge in [-0.15, -0.1) is 0 Å². The van der Waals surface area contributed by atoms with Gasteiger partial charge in [-0.25, -0.2) is 0 Å². The highest BCUT2D eigenvalue weighted by atomic mass is 31.2. The van der Waals surface area contributed by atoms with Gasteiger partial charge in [0.2, 0.25) is 0 Å². The van der Waals surface area contributed by atoms with Gasteiger partial charge in [-0.3, -0.25) is 18.7 Å². The minimum absolute atomic E-state index is 0.0474. The molecule has 0 saturated heterocycles. The maximum Gasteiger partial charge on any atom is 0.359 e. The van der Waals surface area contributed by atoms with Crippen LogP contribution >= 0.6 is 15.0 Å². The Morgan fingerprint density at radius 3 is 1.60 bits per heavy atom. The Hall–Kier alpha value is -3.44.